The molecule has 0 aromatic rings. The zero-order valence-corrected chi connectivity index (χ0v) is 4.07. The standard InChI is InChI=1S/C4H9N3/c5-1-4-2-6-3-7-4/h2,6-7H,1,3,5H2. The van der Waals surface area contributed by atoms with Crippen molar-refractivity contribution in [2.24, 2.45) is 5.73 Å². The van der Waals surface area contributed by atoms with Gasteiger partial charge < -0.3 is 16.4 Å². The fourth-order valence-electron chi connectivity index (χ4n) is 0.521. The van der Waals surface area contributed by atoms with Gasteiger partial charge in [0, 0.05) is 18.4 Å². The highest BCUT2D eigenvalue weighted by Gasteiger charge is 1.95. The van der Waals surface area contributed by atoms with Crippen molar-refractivity contribution in [3.8, 4) is 0 Å². The maximum Gasteiger partial charge on any atom is 0.0843 e. The van der Waals surface area contributed by atoms with Crippen molar-refractivity contribution < 1.29 is 0 Å². The van der Waals surface area contributed by atoms with Crippen LogP contribution in [0.4, 0.5) is 0 Å². The summed E-state index contributed by atoms with van der Waals surface area (Å²) in [6.07, 6.45) is 1.89. The Labute approximate surface area is 42.6 Å². The lowest BCUT2D eigenvalue weighted by Crippen LogP contribution is -2.18. The fourth-order valence-corrected chi connectivity index (χ4v) is 0.521. The molecule has 40 valence electrons. The number of hydrogen-bond donors (Lipinski definition) is 3. The second kappa shape index (κ2) is 1.84. The molecule has 0 aliphatic carbocycles. The first-order chi connectivity index (χ1) is 3.43. The van der Waals surface area contributed by atoms with Crippen LogP contribution in [-0.4, -0.2) is 13.2 Å². The van der Waals surface area contributed by atoms with E-state index in [-0.39, 0.29) is 0 Å². The molecule has 0 spiro atoms. The van der Waals surface area contributed by atoms with E-state index in [0.717, 1.165) is 12.4 Å². The van der Waals surface area contributed by atoms with E-state index in [2.05, 4.69) is 10.6 Å². The number of hydrogen-bond acceptors (Lipinski definition) is 3. The third kappa shape index (κ3) is 0.838. The van der Waals surface area contributed by atoms with Gasteiger partial charge in [-0.3, -0.25) is 0 Å². The molecule has 0 aromatic heterocycles. The van der Waals surface area contributed by atoms with E-state index in [0.29, 0.717) is 6.54 Å². The Bertz CT molecular complexity index is 86.9. The molecule has 4 N–H and O–H groups in total. The normalized spacial score (nSPS) is 17.6. The monoisotopic (exact) mass is 99.1 g/mol. The van der Waals surface area contributed by atoms with E-state index >= 15 is 0 Å². The molecule has 0 saturated carbocycles. The van der Waals surface area contributed by atoms with Crippen molar-refractivity contribution in [3.63, 3.8) is 0 Å². The van der Waals surface area contributed by atoms with E-state index in [1.165, 1.54) is 0 Å². The van der Waals surface area contributed by atoms with Gasteiger partial charge in [0.15, 0.2) is 0 Å². The van der Waals surface area contributed by atoms with Gasteiger partial charge in [-0.15, -0.1) is 0 Å². The minimum absolute atomic E-state index is 0.604. The Hall–Kier alpha value is -0.700. The second-order valence-corrected chi connectivity index (χ2v) is 1.43. The molecule has 0 unspecified atom stereocenters. The van der Waals surface area contributed by atoms with Crippen molar-refractivity contribution in [2.75, 3.05) is 13.2 Å². The van der Waals surface area contributed by atoms with E-state index in [4.69, 9.17) is 5.73 Å². The van der Waals surface area contributed by atoms with Crippen LogP contribution < -0.4 is 16.4 Å². The summed E-state index contributed by atoms with van der Waals surface area (Å²) in [6, 6.07) is 0. The lowest BCUT2D eigenvalue weighted by Gasteiger charge is -1.93. The van der Waals surface area contributed by atoms with Crippen LogP contribution in [0, 0.1) is 0 Å². The van der Waals surface area contributed by atoms with Gasteiger partial charge in [0.2, 0.25) is 0 Å². The Morgan fingerprint density at radius 3 is 3.00 bits per heavy atom. The van der Waals surface area contributed by atoms with Crippen LogP contribution in [0.2, 0.25) is 0 Å². The van der Waals surface area contributed by atoms with Gasteiger partial charge in [-0.25, -0.2) is 0 Å². The largest absolute Gasteiger partial charge is 0.372 e. The quantitative estimate of drug-likeness (QED) is 0.392. The Morgan fingerprint density at radius 2 is 2.71 bits per heavy atom. The predicted molar refractivity (Wildman–Crippen MR) is 28.3 cm³/mol. The molecule has 1 heterocycles. The SMILES string of the molecule is NCC1=CNCN1. The number of rotatable bonds is 1. The summed E-state index contributed by atoms with van der Waals surface area (Å²) < 4.78 is 0. The molecule has 1 aliphatic heterocycles. The molecule has 0 bridgehead atoms. The van der Waals surface area contributed by atoms with Crippen LogP contribution in [0.5, 0.6) is 0 Å². The first-order valence-electron chi connectivity index (χ1n) is 2.30. The fraction of sp³-hybridized carbons (Fsp3) is 0.500. The second-order valence-electron chi connectivity index (χ2n) is 1.43. The van der Waals surface area contributed by atoms with Crippen LogP contribution in [-0.2, 0) is 0 Å². The smallest absolute Gasteiger partial charge is 0.0843 e. The van der Waals surface area contributed by atoms with Crippen molar-refractivity contribution in [3.05, 3.63) is 11.9 Å². The lowest BCUT2D eigenvalue weighted by molar-refractivity contribution is 0.800. The average Bonchev–Trinajstić information content (AvgIpc) is 2.14. The summed E-state index contributed by atoms with van der Waals surface area (Å²) in [7, 11) is 0. The minimum Gasteiger partial charge on any atom is -0.372 e. The summed E-state index contributed by atoms with van der Waals surface area (Å²) in [5.74, 6) is 0. The van der Waals surface area contributed by atoms with E-state index in [1.54, 1.807) is 0 Å². The van der Waals surface area contributed by atoms with Gasteiger partial charge >= 0.3 is 0 Å². The van der Waals surface area contributed by atoms with Crippen LogP contribution >= 0.6 is 0 Å². The van der Waals surface area contributed by atoms with Crippen molar-refractivity contribution in [1.82, 2.24) is 10.6 Å². The molecule has 1 aliphatic rings. The topological polar surface area (TPSA) is 50.1 Å². The molecule has 3 nitrogen and oxygen atoms in total. The van der Waals surface area contributed by atoms with Crippen LogP contribution in [0.25, 0.3) is 0 Å². The highest BCUT2D eigenvalue weighted by Crippen LogP contribution is 1.85. The van der Waals surface area contributed by atoms with Crippen molar-refractivity contribution in [2.45, 2.75) is 0 Å². The summed E-state index contributed by atoms with van der Waals surface area (Å²) in [6.45, 7) is 1.43. The third-order valence-electron chi connectivity index (χ3n) is 0.914. The van der Waals surface area contributed by atoms with Gasteiger partial charge in [0.1, 0.15) is 0 Å². The van der Waals surface area contributed by atoms with E-state index in [1.807, 2.05) is 6.20 Å². The molecule has 1 rings (SSSR count). The maximum absolute atomic E-state index is 5.26. The zero-order chi connectivity index (χ0) is 5.11. The summed E-state index contributed by atoms with van der Waals surface area (Å²) in [5, 5.41) is 6.00. The number of nitrogens with one attached hydrogen (secondary N) is 2. The van der Waals surface area contributed by atoms with Crippen LogP contribution in [0.15, 0.2) is 11.9 Å². The molecular formula is C4H9N3. The molecule has 7 heavy (non-hydrogen) atoms. The van der Waals surface area contributed by atoms with Crippen LogP contribution in [0.3, 0.4) is 0 Å². The first kappa shape index (κ1) is 4.46. The zero-order valence-electron chi connectivity index (χ0n) is 4.07. The minimum atomic E-state index is 0.604. The highest BCUT2D eigenvalue weighted by atomic mass is 15.1. The van der Waals surface area contributed by atoms with E-state index < -0.39 is 0 Å². The molecule has 0 fully saturated rings. The first-order valence-corrected chi connectivity index (χ1v) is 2.30. The molecule has 0 amide bonds. The summed E-state index contributed by atoms with van der Waals surface area (Å²) in [4.78, 5) is 0. The van der Waals surface area contributed by atoms with Gasteiger partial charge in [0.05, 0.1) is 6.67 Å². The average molecular weight is 99.1 g/mol. The van der Waals surface area contributed by atoms with Crippen LogP contribution in [0.1, 0.15) is 0 Å². The third-order valence-corrected chi connectivity index (χ3v) is 0.914. The lowest BCUT2D eigenvalue weighted by atomic mass is 10.5. The molecule has 3 heteroatoms. The van der Waals surface area contributed by atoms with Gasteiger partial charge in [0.25, 0.3) is 0 Å². The molecule has 0 saturated heterocycles. The van der Waals surface area contributed by atoms with E-state index in [9.17, 15) is 0 Å². The molecule has 0 aromatic carbocycles. The molecule has 0 radical (unpaired) electrons. The van der Waals surface area contributed by atoms with Gasteiger partial charge in [-0.1, -0.05) is 0 Å². The highest BCUT2D eigenvalue weighted by molar-refractivity contribution is 5.03. The molecule has 0 atom stereocenters. The van der Waals surface area contributed by atoms with Crippen molar-refractivity contribution >= 4 is 0 Å². The Kier molecular flexibility index (Phi) is 1.17. The molecular weight excluding hydrogens is 90.1 g/mol. The van der Waals surface area contributed by atoms with Gasteiger partial charge in [-0.05, 0) is 0 Å². The number of nitrogens with two attached hydrogens (primary N) is 1. The van der Waals surface area contributed by atoms with Crippen molar-refractivity contribution in [1.29, 1.82) is 0 Å². The Balaban J connectivity index is 2.36. The predicted octanol–water partition coefficient (Wildman–Crippen LogP) is -1.06. The summed E-state index contributed by atoms with van der Waals surface area (Å²) in [5.41, 5.74) is 6.35. The Morgan fingerprint density at radius 1 is 1.86 bits per heavy atom. The maximum atomic E-state index is 5.26. The summed E-state index contributed by atoms with van der Waals surface area (Å²) >= 11 is 0. The van der Waals surface area contributed by atoms with Gasteiger partial charge in [-0.2, -0.15) is 0 Å².